The Labute approximate surface area is 131 Å². The molecule has 1 atom stereocenters. The molecule has 0 aliphatic heterocycles. The highest BCUT2D eigenvalue weighted by molar-refractivity contribution is 5.89. The Bertz CT molecular complexity index is 632. The van der Waals surface area contributed by atoms with Crippen LogP contribution in [0.15, 0.2) is 24.4 Å². The maximum absolute atomic E-state index is 10.9. The number of H-pyrrole nitrogens is 1. The first kappa shape index (κ1) is 16.4. The predicted octanol–water partition coefficient (Wildman–Crippen LogP) is 2.82. The SMILES string of the molecule is CC[C@H](c1c[nH]c2c(OCC(N)=O)cccc12)N(CC)CC. The molecule has 1 heterocycles. The van der Waals surface area contributed by atoms with E-state index in [9.17, 15) is 4.79 Å². The molecule has 2 rings (SSSR count). The van der Waals surface area contributed by atoms with Crippen LogP contribution in [0, 0.1) is 0 Å². The van der Waals surface area contributed by atoms with E-state index in [-0.39, 0.29) is 6.61 Å². The molecule has 120 valence electrons. The first-order valence-electron chi connectivity index (χ1n) is 7.87. The highest BCUT2D eigenvalue weighted by atomic mass is 16.5. The zero-order valence-corrected chi connectivity index (χ0v) is 13.6. The molecule has 0 saturated heterocycles. The summed E-state index contributed by atoms with van der Waals surface area (Å²) in [5.41, 5.74) is 7.34. The number of nitrogens with zero attached hydrogens (tertiary/aromatic N) is 1. The molecular weight excluding hydrogens is 278 g/mol. The summed E-state index contributed by atoms with van der Waals surface area (Å²) in [4.78, 5) is 16.7. The van der Waals surface area contributed by atoms with Gasteiger partial charge in [0.05, 0.1) is 5.52 Å². The fourth-order valence-electron chi connectivity index (χ4n) is 3.03. The normalized spacial score (nSPS) is 12.7. The highest BCUT2D eigenvalue weighted by Gasteiger charge is 2.20. The van der Waals surface area contributed by atoms with Crippen molar-refractivity contribution in [2.45, 2.75) is 33.2 Å². The summed E-state index contributed by atoms with van der Waals surface area (Å²) in [5.74, 6) is 0.190. The van der Waals surface area contributed by atoms with Gasteiger partial charge in [-0.1, -0.05) is 32.9 Å². The zero-order chi connectivity index (χ0) is 16.1. The number of hydrogen-bond donors (Lipinski definition) is 2. The average Bonchev–Trinajstić information content (AvgIpc) is 2.94. The van der Waals surface area contributed by atoms with Gasteiger partial charge in [0.15, 0.2) is 6.61 Å². The van der Waals surface area contributed by atoms with Crippen LogP contribution in [0.25, 0.3) is 10.9 Å². The van der Waals surface area contributed by atoms with E-state index in [4.69, 9.17) is 10.5 Å². The molecule has 0 aliphatic carbocycles. The van der Waals surface area contributed by atoms with E-state index in [0.29, 0.717) is 11.8 Å². The van der Waals surface area contributed by atoms with E-state index in [1.807, 2.05) is 18.3 Å². The molecular formula is C17H25N3O2. The smallest absolute Gasteiger partial charge is 0.255 e. The van der Waals surface area contributed by atoms with Gasteiger partial charge >= 0.3 is 0 Å². The molecule has 1 amide bonds. The lowest BCUT2D eigenvalue weighted by molar-refractivity contribution is -0.119. The van der Waals surface area contributed by atoms with E-state index >= 15 is 0 Å². The Balaban J connectivity index is 2.40. The number of carbonyl (C=O) groups is 1. The lowest BCUT2D eigenvalue weighted by Gasteiger charge is -2.28. The summed E-state index contributed by atoms with van der Waals surface area (Å²) in [6.07, 6.45) is 3.09. The second kappa shape index (κ2) is 7.31. The maximum Gasteiger partial charge on any atom is 0.255 e. The van der Waals surface area contributed by atoms with Gasteiger partial charge in [0, 0.05) is 17.6 Å². The summed E-state index contributed by atoms with van der Waals surface area (Å²) in [6, 6.07) is 6.26. The van der Waals surface area contributed by atoms with Gasteiger partial charge in [-0.15, -0.1) is 0 Å². The lowest BCUT2D eigenvalue weighted by Crippen LogP contribution is -2.27. The van der Waals surface area contributed by atoms with Crippen molar-refractivity contribution in [3.8, 4) is 5.75 Å². The largest absolute Gasteiger partial charge is 0.482 e. The minimum atomic E-state index is -0.474. The Kier molecular flexibility index (Phi) is 5.44. The van der Waals surface area contributed by atoms with Gasteiger partial charge in [-0.05, 0) is 31.1 Å². The van der Waals surface area contributed by atoms with Gasteiger partial charge in [-0.25, -0.2) is 0 Å². The van der Waals surface area contributed by atoms with Crippen LogP contribution in [0.3, 0.4) is 0 Å². The zero-order valence-electron chi connectivity index (χ0n) is 13.6. The van der Waals surface area contributed by atoms with Gasteiger partial charge in [-0.3, -0.25) is 9.69 Å². The number of aromatic amines is 1. The number of aromatic nitrogens is 1. The molecule has 0 aliphatic rings. The number of fused-ring (bicyclic) bond motifs is 1. The van der Waals surface area contributed by atoms with Crippen LogP contribution in [0.1, 0.15) is 38.8 Å². The molecule has 1 aromatic heterocycles. The first-order chi connectivity index (χ1) is 10.6. The minimum absolute atomic E-state index is 0.110. The van der Waals surface area contributed by atoms with Crippen molar-refractivity contribution in [2.24, 2.45) is 5.73 Å². The number of primary amides is 1. The predicted molar refractivity (Wildman–Crippen MR) is 88.9 cm³/mol. The van der Waals surface area contributed by atoms with Crippen LogP contribution in [-0.2, 0) is 4.79 Å². The minimum Gasteiger partial charge on any atom is -0.482 e. The molecule has 0 unspecified atom stereocenters. The van der Waals surface area contributed by atoms with Gasteiger partial charge in [0.25, 0.3) is 5.91 Å². The van der Waals surface area contributed by atoms with E-state index < -0.39 is 5.91 Å². The molecule has 0 fully saturated rings. The van der Waals surface area contributed by atoms with Crippen molar-refractivity contribution in [1.29, 1.82) is 0 Å². The van der Waals surface area contributed by atoms with E-state index in [2.05, 4.69) is 36.7 Å². The third kappa shape index (κ3) is 3.25. The first-order valence-corrected chi connectivity index (χ1v) is 7.87. The number of benzene rings is 1. The maximum atomic E-state index is 10.9. The topological polar surface area (TPSA) is 71.3 Å². The monoisotopic (exact) mass is 303 g/mol. The van der Waals surface area contributed by atoms with Crippen molar-refractivity contribution in [1.82, 2.24) is 9.88 Å². The summed E-state index contributed by atoms with van der Waals surface area (Å²) in [5, 5.41) is 1.14. The second-order valence-corrected chi connectivity index (χ2v) is 5.32. The van der Waals surface area contributed by atoms with Crippen LogP contribution < -0.4 is 10.5 Å². The molecule has 5 heteroatoms. The Hall–Kier alpha value is -2.01. The van der Waals surface area contributed by atoms with Crippen molar-refractivity contribution >= 4 is 16.8 Å². The Morgan fingerprint density at radius 3 is 2.64 bits per heavy atom. The molecule has 2 aromatic rings. The van der Waals surface area contributed by atoms with Crippen LogP contribution in [-0.4, -0.2) is 35.5 Å². The van der Waals surface area contributed by atoms with E-state index in [1.165, 1.54) is 5.56 Å². The quantitative estimate of drug-likeness (QED) is 0.787. The number of carbonyl (C=O) groups excluding carboxylic acids is 1. The summed E-state index contributed by atoms with van der Waals surface area (Å²) >= 11 is 0. The summed E-state index contributed by atoms with van der Waals surface area (Å²) in [6.45, 7) is 8.49. The standard InChI is InChI=1S/C17H25N3O2/c1-4-14(20(5-2)6-3)13-10-19-17-12(13)8-7-9-15(17)22-11-16(18)21/h7-10,14,19H,4-6,11H2,1-3H3,(H2,18,21)/t14-/m1/s1. The van der Waals surface area contributed by atoms with E-state index in [1.54, 1.807) is 0 Å². The number of para-hydroxylation sites is 1. The molecule has 0 saturated carbocycles. The third-order valence-electron chi connectivity index (χ3n) is 4.08. The molecule has 0 radical (unpaired) electrons. The molecule has 1 aromatic carbocycles. The number of ether oxygens (including phenoxy) is 1. The fraction of sp³-hybridized carbons (Fsp3) is 0.471. The van der Waals surface area contributed by atoms with Crippen LogP contribution >= 0.6 is 0 Å². The second-order valence-electron chi connectivity index (χ2n) is 5.32. The number of nitrogens with two attached hydrogens (primary N) is 1. The molecule has 5 nitrogen and oxygen atoms in total. The van der Waals surface area contributed by atoms with Gasteiger partial charge in [-0.2, -0.15) is 0 Å². The summed E-state index contributed by atoms with van der Waals surface area (Å²) in [7, 11) is 0. The molecule has 0 spiro atoms. The highest BCUT2D eigenvalue weighted by Crippen LogP contribution is 2.34. The number of hydrogen-bond acceptors (Lipinski definition) is 3. The van der Waals surface area contributed by atoms with Crippen molar-refractivity contribution in [2.75, 3.05) is 19.7 Å². The molecule has 3 N–H and O–H groups in total. The van der Waals surface area contributed by atoms with Crippen LogP contribution in [0.5, 0.6) is 5.75 Å². The van der Waals surface area contributed by atoms with Gasteiger partial charge < -0.3 is 15.5 Å². The molecule has 0 bridgehead atoms. The number of amides is 1. The fourth-order valence-corrected chi connectivity index (χ4v) is 3.03. The average molecular weight is 303 g/mol. The number of rotatable bonds is 8. The molecule has 22 heavy (non-hydrogen) atoms. The van der Waals surface area contributed by atoms with Gasteiger partial charge in [0.2, 0.25) is 0 Å². The van der Waals surface area contributed by atoms with Crippen molar-refractivity contribution < 1.29 is 9.53 Å². The van der Waals surface area contributed by atoms with E-state index in [0.717, 1.165) is 30.4 Å². The lowest BCUT2D eigenvalue weighted by atomic mass is 10.0. The van der Waals surface area contributed by atoms with Crippen molar-refractivity contribution in [3.63, 3.8) is 0 Å². The Morgan fingerprint density at radius 1 is 1.32 bits per heavy atom. The van der Waals surface area contributed by atoms with Gasteiger partial charge in [0.1, 0.15) is 5.75 Å². The summed E-state index contributed by atoms with van der Waals surface area (Å²) < 4.78 is 5.50. The Morgan fingerprint density at radius 2 is 2.05 bits per heavy atom. The number of nitrogens with one attached hydrogen (secondary N) is 1. The third-order valence-corrected chi connectivity index (χ3v) is 4.08. The van der Waals surface area contributed by atoms with Crippen molar-refractivity contribution in [3.05, 3.63) is 30.0 Å². The van der Waals surface area contributed by atoms with Crippen LogP contribution in [0.4, 0.5) is 0 Å². The van der Waals surface area contributed by atoms with Crippen LogP contribution in [0.2, 0.25) is 0 Å².